The Morgan fingerprint density at radius 2 is 2.36 bits per heavy atom. The first-order valence-electron chi connectivity index (χ1n) is 5.29. The molecule has 0 spiro atoms. The molecule has 1 atom stereocenters. The standard InChI is InChI=1S/C11H18N2O/c1-11(14,6-9-4-3-5-9)10-7-12-13(2)8-10/h7-9,14H,3-6H2,1-2H3. The van der Waals surface area contributed by atoms with Crippen LogP contribution in [0.2, 0.25) is 0 Å². The zero-order chi connectivity index (χ0) is 10.2. The summed E-state index contributed by atoms with van der Waals surface area (Å²) >= 11 is 0. The smallest absolute Gasteiger partial charge is 0.0901 e. The molecule has 0 saturated heterocycles. The quantitative estimate of drug-likeness (QED) is 0.797. The lowest BCUT2D eigenvalue weighted by molar-refractivity contribution is 0.0161. The van der Waals surface area contributed by atoms with Crippen LogP contribution in [0.15, 0.2) is 12.4 Å². The van der Waals surface area contributed by atoms with Crippen molar-refractivity contribution in [3.05, 3.63) is 18.0 Å². The van der Waals surface area contributed by atoms with Crippen LogP contribution in [0.5, 0.6) is 0 Å². The maximum absolute atomic E-state index is 10.3. The predicted molar refractivity (Wildman–Crippen MR) is 54.7 cm³/mol. The van der Waals surface area contributed by atoms with Gasteiger partial charge in [-0.25, -0.2) is 0 Å². The summed E-state index contributed by atoms with van der Waals surface area (Å²) < 4.78 is 1.74. The van der Waals surface area contributed by atoms with E-state index >= 15 is 0 Å². The average Bonchev–Trinajstić information content (AvgIpc) is 2.45. The van der Waals surface area contributed by atoms with Crippen LogP contribution in [0, 0.1) is 5.92 Å². The summed E-state index contributed by atoms with van der Waals surface area (Å²) in [5, 5.41) is 14.4. The van der Waals surface area contributed by atoms with E-state index in [1.54, 1.807) is 10.9 Å². The van der Waals surface area contributed by atoms with Gasteiger partial charge < -0.3 is 5.11 Å². The summed E-state index contributed by atoms with van der Waals surface area (Å²) in [4.78, 5) is 0. The number of hydrogen-bond acceptors (Lipinski definition) is 2. The fourth-order valence-electron chi connectivity index (χ4n) is 2.08. The third-order valence-corrected chi connectivity index (χ3v) is 3.24. The molecule has 1 saturated carbocycles. The first kappa shape index (κ1) is 9.71. The maximum atomic E-state index is 10.3. The molecule has 1 aromatic rings. The molecule has 0 aliphatic heterocycles. The van der Waals surface area contributed by atoms with Crippen LogP contribution in [0.25, 0.3) is 0 Å². The van der Waals surface area contributed by atoms with E-state index in [0.717, 1.165) is 12.0 Å². The molecule has 1 N–H and O–H groups in total. The van der Waals surface area contributed by atoms with Gasteiger partial charge in [-0.2, -0.15) is 5.10 Å². The molecule has 0 radical (unpaired) electrons. The van der Waals surface area contributed by atoms with Crippen LogP contribution in [0.4, 0.5) is 0 Å². The molecule has 0 aromatic carbocycles. The van der Waals surface area contributed by atoms with Gasteiger partial charge in [0.2, 0.25) is 0 Å². The van der Waals surface area contributed by atoms with Gasteiger partial charge in [-0.05, 0) is 19.3 Å². The molecule has 3 heteroatoms. The van der Waals surface area contributed by atoms with Gasteiger partial charge in [-0.15, -0.1) is 0 Å². The molecular formula is C11H18N2O. The molecule has 0 amide bonds. The second kappa shape index (κ2) is 3.39. The van der Waals surface area contributed by atoms with Gasteiger partial charge >= 0.3 is 0 Å². The van der Waals surface area contributed by atoms with Crippen molar-refractivity contribution < 1.29 is 5.11 Å². The van der Waals surface area contributed by atoms with E-state index in [1.165, 1.54) is 19.3 Å². The van der Waals surface area contributed by atoms with Crippen LogP contribution in [-0.4, -0.2) is 14.9 Å². The summed E-state index contributed by atoms with van der Waals surface area (Å²) in [7, 11) is 1.88. The van der Waals surface area contributed by atoms with Gasteiger partial charge in [0, 0.05) is 18.8 Å². The van der Waals surface area contributed by atoms with Crippen molar-refractivity contribution >= 4 is 0 Å². The minimum atomic E-state index is -0.695. The van der Waals surface area contributed by atoms with E-state index in [-0.39, 0.29) is 0 Å². The predicted octanol–water partition coefficient (Wildman–Crippen LogP) is 1.82. The van der Waals surface area contributed by atoms with Crippen molar-refractivity contribution in [2.24, 2.45) is 13.0 Å². The van der Waals surface area contributed by atoms with E-state index in [0.29, 0.717) is 5.92 Å². The zero-order valence-corrected chi connectivity index (χ0v) is 8.90. The normalized spacial score (nSPS) is 21.6. The number of rotatable bonds is 3. The van der Waals surface area contributed by atoms with Gasteiger partial charge in [0.1, 0.15) is 0 Å². The van der Waals surface area contributed by atoms with Crippen LogP contribution < -0.4 is 0 Å². The fourth-order valence-corrected chi connectivity index (χ4v) is 2.08. The van der Waals surface area contributed by atoms with E-state index in [1.807, 2.05) is 20.2 Å². The fraction of sp³-hybridized carbons (Fsp3) is 0.727. The number of aryl methyl sites for hydroxylation is 1. The molecule has 14 heavy (non-hydrogen) atoms. The first-order chi connectivity index (χ1) is 6.58. The molecule has 1 aliphatic carbocycles. The SMILES string of the molecule is Cn1cc(C(C)(O)CC2CCC2)cn1. The minimum absolute atomic E-state index is 0.695. The lowest BCUT2D eigenvalue weighted by Crippen LogP contribution is -2.27. The number of aliphatic hydroxyl groups is 1. The van der Waals surface area contributed by atoms with Gasteiger partial charge in [0.05, 0.1) is 11.8 Å². The molecule has 0 bridgehead atoms. The first-order valence-corrected chi connectivity index (χ1v) is 5.29. The van der Waals surface area contributed by atoms with Crippen molar-refractivity contribution in [2.45, 2.75) is 38.2 Å². The molecule has 78 valence electrons. The Bertz CT molecular complexity index is 313. The van der Waals surface area contributed by atoms with E-state index in [9.17, 15) is 5.11 Å². The monoisotopic (exact) mass is 194 g/mol. The van der Waals surface area contributed by atoms with Gasteiger partial charge in [-0.3, -0.25) is 4.68 Å². The Balaban J connectivity index is 2.06. The summed E-state index contributed by atoms with van der Waals surface area (Å²) in [6.45, 7) is 1.89. The third-order valence-electron chi connectivity index (χ3n) is 3.24. The molecule has 2 rings (SSSR count). The van der Waals surface area contributed by atoms with Crippen molar-refractivity contribution in [1.82, 2.24) is 9.78 Å². The van der Waals surface area contributed by atoms with Crippen LogP contribution in [0.1, 0.15) is 38.2 Å². The average molecular weight is 194 g/mol. The lowest BCUT2D eigenvalue weighted by atomic mass is 9.76. The Morgan fingerprint density at radius 1 is 1.64 bits per heavy atom. The Hall–Kier alpha value is -0.830. The highest BCUT2D eigenvalue weighted by Crippen LogP contribution is 2.37. The topological polar surface area (TPSA) is 38.0 Å². The van der Waals surface area contributed by atoms with Crippen LogP contribution in [0.3, 0.4) is 0 Å². The van der Waals surface area contributed by atoms with Crippen LogP contribution in [-0.2, 0) is 12.6 Å². The highest BCUT2D eigenvalue weighted by Gasteiger charge is 2.31. The summed E-state index contributed by atoms with van der Waals surface area (Å²) in [5.74, 6) is 0.713. The highest BCUT2D eigenvalue weighted by molar-refractivity contribution is 5.14. The summed E-state index contributed by atoms with van der Waals surface area (Å²) in [5.41, 5.74) is 0.242. The molecular weight excluding hydrogens is 176 g/mol. The van der Waals surface area contributed by atoms with Crippen molar-refractivity contribution in [3.63, 3.8) is 0 Å². The van der Waals surface area contributed by atoms with Crippen LogP contribution >= 0.6 is 0 Å². The Morgan fingerprint density at radius 3 is 2.79 bits per heavy atom. The lowest BCUT2D eigenvalue weighted by Gasteiger charge is -2.32. The summed E-state index contributed by atoms with van der Waals surface area (Å²) in [6.07, 6.45) is 8.41. The number of nitrogens with zero attached hydrogens (tertiary/aromatic N) is 2. The van der Waals surface area contributed by atoms with Crippen molar-refractivity contribution in [2.75, 3.05) is 0 Å². The molecule has 1 aromatic heterocycles. The highest BCUT2D eigenvalue weighted by atomic mass is 16.3. The van der Waals surface area contributed by atoms with E-state index in [4.69, 9.17) is 0 Å². The van der Waals surface area contributed by atoms with Crippen molar-refractivity contribution in [1.29, 1.82) is 0 Å². The number of aromatic nitrogens is 2. The minimum Gasteiger partial charge on any atom is -0.385 e. The Labute approximate surface area is 84.7 Å². The molecule has 1 unspecified atom stereocenters. The second-order valence-electron chi connectivity index (χ2n) is 4.68. The molecule has 3 nitrogen and oxygen atoms in total. The van der Waals surface area contributed by atoms with Gasteiger partial charge in [0.15, 0.2) is 0 Å². The van der Waals surface area contributed by atoms with Gasteiger partial charge in [-0.1, -0.05) is 19.3 Å². The van der Waals surface area contributed by atoms with Gasteiger partial charge in [0.25, 0.3) is 0 Å². The molecule has 1 fully saturated rings. The third kappa shape index (κ3) is 1.82. The maximum Gasteiger partial charge on any atom is 0.0901 e. The largest absolute Gasteiger partial charge is 0.385 e. The van der Waals surface area contributed by atoms with Crippen molar-refractivity contribution in [3.8, 4) is 0 Å². The molecule has 1 heterocycles. The second-order valence-corrected chi connectivity index (χ2v) is 4.68. The van der Waals surface area contributed by atoms with E-state index < -0.39 is 5.60 Å². The summed E-state index contributed by atoms with van der Waals surface area (Å²) in [6, 6.07) is 0. The number of hydrogen-bond donors (Lipinski definition) is 1. The Kier molecular flexibility index (Phi) is 2.35. The van der Waals surface area contributed by atoms with E-state index in [2.05, 4.69) is 5.10 Å². The zero-order valence-electron chi connectivity index (χ0n) is 8.90. The molecule has 1 aliphatic rings.